The number of fused-ring (bicyclic) bond motifs is 1. The van der Waals surface area contributed by atoms with E-state index in [4.69, 9.17) is 10.00 Å². The van der Waals surface area contributed by atoms with Crippen molar-refractivity contribution in [2.24, 2.45) is 0 Å². The molecule has 1 atom stereocenters. The zero-order valence-electron chi connectivity index (χ0n) is 15.8. The van der Waals surface area contributed by atoms with Gasteiger partial charge in [-0.15, -0.1) is 0 Å². The van der Waals surface area contributed by atoms with Crippen LogP contribution in [0, 0.1) is 17.1 Å². The number of aromatic amines is 1. The summed E-state index contributed by atoms with van der Waals surface area (Å²) in [6.45, 7) is 3.90. The van der Waals surface area contributed by atoms with Crippen LogP contribution in [0.5, 0.6) is 5.75 Å². The van der Waals surface area contributed by atoms with Crippen LogP contribution in [0.1, 0.15) is 36.2 Å². The predicted octanol–water partition coefficient (Wildman–Crippen LogP) is 4.82. The molecule has 0 amide bonds. The molecule has 0 aliphatic carbocycles. The van der Waals surface area contributed by atoms with Gasteiger partial charge in [-0.05, 0) is 37.6 Å². The number of aromatic carboxylic acids is 1. The summed E-state index contributed by atoms with van der Waals surface area (Å²) in [4.78, 5) is 16.9. The van der Waals surface area contributed by atoms with Crippen LogP contribution in [-0.2, 0) is 0 Å². The van der Waals surface area contributed by atoms with Crippen LogP contribution < -0.4 is 9.64 Å². The molecule has 3 rings (SSSR count). The molecule has 0 spiro atoms. The first-order chi connectivity index (χ1) is 13.4. The average molecular weight is 381 g/mol. The largest absolute Gasteiger partial charge is 0.494 e. The van der Waals surface area contributed by atoms with E-state index in [0.717, 1.165) is 0 Å². The molecule has 0 radical (unpaired) electrons. The van der Waals surface area contributed by atoms with Gasteiger partial charge in [0.1, 0.15) is 11.4 Å². The molecule has 28 heavy (non-hydrogen) atoms. The Hall–Kier alpha value is -3.53. The zero-order valence-corrected chi connectivity index (χ0v) is 15.8. The van der Waals surface area contributed by atoms with Crippen molar-refractivity contribution in [1.82, 2.24) is 4.98 Å². The number of aromatic nitrogens is 1. The molecule has 0 saturated heterocycles. The Morgan fingerprint density at radius 3 is 2.68 bits per heavy atom. The van der Waals surface area contributed by atoms with Gasteiger partial charge in [0.25, 0.3) is 0 Å². The molecule has 7 heteroatoms. The van der Waals surface area contributed by atoms with Gasteiger partial charge >= 0.3 is 5.97 Å². The van der Waals surface area contributed by atoms with Crippen LogP contribution in [-0.4, -0.2) is 29.2 Å². The molecule has 6 nitrogen and oxygen atoms in total. The minimum Gasteiger partial charge on any atom is -0.494 e. The fraction of sp³-hybridized carbons (Fsp3) is 0.238. The van der Waals surface area contributed by atoms with Gasteiger partial charge in [-0.3, -0.25) is 0 Å². The number of nitrogens with one attached hydrogen (secondary N) is 1. The number of H-pyrrole nitrogens is 1. The maximum Gasteiger partial charge on any atom is 0.340 e. The van der Waals surface area contributed by atoms with Gasteiger partial charge in [-0.25, -0.2) is 9.18 Å². The Balaban J connectivity index is 2.27. The van der Waals surface area contributed by atoms with Gasteiger partial charge in [0.05, 0.1) is 18.7 Å². The number of rotatable bonds is 6. The van der Waals surface area contributed by atoms with E-state index in [-0.39, 0.29) is 17.4 Å². The fourth-order valence-corrected chi connectivity index (χ4v) is 3.24. The molecule has 2 N–H and O–H groups in total. The number of ether oxygens (including phenoxy) is 1. The van der Waals surface area contributed by atoms with Crippen molar-refractivity contribution in [2.45, 2.75) is 26.3 Å². The van der Waals surface area contributed by atoms with E-state index in [0.29, 0.717) is 34.4 Å². The lowest BCUT2D eigenvalue weighted by Crippen LogP contribution is -2.29. The molecular weight excluding hydrogens is 361 g/mol. The Kier molecular flexibility index (Phi) is 5.23. The number of carboxylic acid groups (broad SMARTS) is 1. The van der Waals surface area contributed by atoms with Crippen molar-refractivity contribution in [3.05, 3.63) is 53.3 Å². The summed E-state index contributed by atoms with van der Waals surface area (Å²) in [5, 5.41) is 19.5. The molecule has 3 aromatic rings. The van der Waals surface area contributed by atoms with Crippen molar-refractivity contribution in [2.75, 3.05) is 12.0 Å². The van der Waals surface area contributed by atoms with Gasteiger partial charge < -0.3 is 19.7 Å². The highest BCUT2D eigenvalue weighted by molar-refractivity contribution is 6.09. The van der Waals surface area contributed by atoms with Crippen LogP contribution in [0.25, 0.3) is 10.9 Å². The molecule has 1 heterocycles. The van der Waals surface area contributed by atoms with Crippen molar-refractivity contribution in [1.29, 1.82) is 5.26 Å². The molecule has 0 aliphatic heterocycles. The van der Waals surface area contributed by atoms with E-state index in [9.17, 15) is 14.3 Å². The van der Waals surface area contributed by atoms with E-state index in [2.05, 4.69) is 4.98 Å². The molecule has 0 bridgehead atoms. The monoisotopic (exact) mass is 381 g/mol. The standard InChI is InChI=1S/C21H20FN3O3/c1-4-12(2)25(14-6-8-18(28-3)16(22)10-14)20-19(21(26)27)15-7-5-13(11-23)9-17(15)24-20/h5-10,12,24H,4H2,1-3H3,(H,26,27). The van der Waals surface area contributed by atoms with E-state index < -0.39 is 11.8 Å². The third kappa shape index (κ3) is 3.25. The first-order valence-corrected chi connectivity index (χ1v) is 8.83. The summed E-state index contributed by atoms with van der Waals surface area (Å²) in [5.74, 6) is -1.18. The van der Waals surface area contributed by atoms with Crippen LogP contribution in [0.4, 0.5) is 15.9 Å². The van der Waals surface area contributed by atoms with Crippen molar-refractivity contribution >= 4 is 28.4 Å². The lowest BCUT2D eigenvalue weighted by Gasteiger charge is -2.30. The van der Waals surface area contributed by atoms with Gasteiger partial charge in [0, 0.05) is 28.7 Å². The normalized spacial score (nSPS) is 11.8. The highest BCUT2D eigenvalue weighted by atomic mass is 19.1. The predicted molar refractivity (Wildman–Crippen MR) is 105 cm³/mol. The highest BCUT2D eigenvalue weighted by Crippen LogP contribution is 2.37. The second kappa shape index (κ2) is 7.61. The topological polar surface area (TPSA) is 89.4 Å². The third-order valence-corrected chi connectivity index (χ3v) is 4.81. The number of benzene rings is 2. The SMILES string of the molecule is CCC(C)N(c1ccc(OC)c(F)c1)c1[nH]c2cc(C#N)ccc2c1C(=O)O. The summed E-state index contributed by atoms with van der Waals surface area (Å²) in [5.41, 5.74) is 1.54. The summed E-state index contributed by atoms with van der Waals surface area (Å²) >= 11 is 0. The zero-order chi connectivity index (χ0) is 20.4. The molecule has 1 aromatic heterocycles. The molecular formula is C21H20FN3O3. The Bertz CT molecular complexity index is 1080. The van der Waals surface area contributed by atoms with E-state index in [1.165, 1.54) is 19.2 Å². The smallest absolute Gasteiger partial charge is 0.340 e. The molecule has 0 aliphatic rings. The minimum atomic E-state index is -1.10. The number of methoxy groups -OCH3 is 1. The number of nitriles is 1. The third-order valence-electron chi connectivity index (χ3n) is 4.81. The quantitative estimate of drug-likeness (QED) is 0.639. The van der Waals surface area contributed by atoms with Crippen LogP contribution >= 0.6 is 0 Å². The van der Waals surface area contributed by atoms with Crippen molar-refractivity contribution in [3.8, 4) is 11.8 Å². The Morgan fingerprint density at radius 1 is 1.36 bits per heavy atom. The first-order valence-electron chi connectivity index (χ1n) is 8.83. The number of hydrogen-bond donors (Lipinski definition) is 2. The minimum absolute atomic E-state index is 0.0796. The number of hydrogen-bond acceptors (Lipinski definition) is 4. The molecule has 1 unspecified atom stereocenters. The summed E-state index contributed by atoms with van der Waals surface area (Å²) < 4.78 is 19.3. The van der Waals surface area contributed by atoms with Gasteiger partial charge in [-0.1, -0.05) is 13.0 Å². The van der Waals surface area contributed by atoms with Gasteiger partial charge in [0.2, 0.25) is 0 Å². The molecule has 2 aromatic carbocycles. The van der Waals surface area contributed by atoms with E-state index in [1.54, 1.807) is 29.2 Å². The average Bonchev–Trinajstić information content (AvgIpc) is 3.06. The van der Waals surface area contributed by atoms with Crippen molar-refractivity contribution < 1.29 is 19.0 Å². The second-order valence-corrected chi connectivity index (χ2v) is 6.47. The Labute approximate surface area is 161 Å². The summed E-state index contributed by atoms with van der Waals surface area (Å²) in [6, 6.07) is 11.2. The lowest BCUT2D eigenvalue weighted by molar-refractivity contribution is 0.0700. The first kappa shape index (κ1) is 19.2. The van der Waals surface area contributed by atoms with Gasteiger partial charge in [0.15, 0.2) is 11.6 Å². The Morgan fingerprint density at radius 2 is 2.11 bits per heavy atom. The van der Waals surface area contributed by atoms with Crippen LogP contribution in [0.15, 0.2) is 36.4 Å². The maximum absolute atomic E-state index is 14.3. The van der Waals surface area contributed by atoms with Gasteiger partial charge in [-0.2, -0.15) is 5.26 Å². The highest BCUT2D eigenvalue weighted by Gasteiger charge is 2.26. The number of nitrogens with zero attached hydrogens (tertiary/aromatic N) is 2. The molecule has 0 saturated carbocycles. The summed E-state index contributed by atoms with van der Waals surface area (Å²) in [6.07, 6.45) is 0.700. The van der Waals surface area contributed by atoms with Crippen LogP contribution in [0.3, 0.4) is 0 Å². The van der Waals surface area contributed by atoms with Crippen molar-refractivity contribution in [3.63, 3.8) is 0 Å². The number of carboxylic acids is 1. The van der Waals surface area contributed by atoms with E-state index in [1.807, 2.05) is 19.9 Å². The second-order valence-electron chi connectivity index (χ2n) is 6.47. The maximum atomic E-state index is 14.3. The number of anilines is 2. The molecule has 0 fully saturated rings. The van der Waals surface area contributed by atoms with Crippen LogP contribution in [0.2, 0.25) is 0 Å². The molecule has 144 valence electrons. The van der Waals surface area contributed by atoms with E-state index >= 15 is 0 Å². The number of carbonyl (C=O) groups is 1. The lowest BCUT2D eigenvalue weighted by atomic mass is 10.1. The fourth-order valence-electron chi connectivity index (χ4n) is 3.24. The summed E-state index contributed by atoms with van der Waals surface area (Å²) in [7, 11) is 1.39. The number of halogens is 1.